The van der Waals surface area contributed by atoms with Crippen molar-refractivity contribution in [2.45, 2.75) is 38.7 Å². The highest BCUT2D eigenvalue weighted by molar-refractivity contribution is 5.87. The van der Waals surface area contributed by atoms with Gasteiger partial charge in [-0.05, 0) is 61.6 Å². The van der Waals surface area contributed by atoms with E-state index in [0.29, 0.717) is 22.7 Å². The average molecular weight is 339 g/mol. The van der Waals surface area contributed by atoms with Gasteiger partial charge in [-0.1, -0.05) is 19.4 Å². The number of ether oxygens (including phenoxy) is 1. The van der Waals surface area contributed by atoms with Crippen molar-refractivity contribution in [2.75, 3.05) is 0 Å². The second-order valence-corrected chi connectivity index (χ2v) is 6.98. The fourth-order valence-electron chi connectivity index (χ4n) is 3.70. The van der Waals surface area contributed by atoms with Crippen LogP contribution in [0.2, 0.25) is 0 Å². The van der Waals surface area contributed by atoms with Crippen LogP contribution in [0.1, 0.15) is 32.6 Å². The van der Waals surface area contributed by atoms with E-state index in [1.54, 1.807) is 6.07 Å². The molecule has 25 heavy (non-hydrogen) atoms. The predicted octanol–water partition coefficient (Wildman–Crippen LogP) is 5.64. The molecule has 1 aliphatic rings. The van der Waals surface area contributed by atoms with Crippen LogP contribution in [0.3, 0.4) is 0 Å². The van der Waals surface area contributed by atoms with E-state index in [-0.39, 0.29) is 17.7 Å². The van der Waals surface area contributed by atoms with Crippen molar-refractivity contribution >= 4 is 10.9 Å². The number of benzene rings is 2. The first kappa shape index (κ1) is 16.0. The highest BCUT2D eigenvalue weighted by atomic mass is 19.1. The molecule has 0 saturated heterocycles. The number of aromatic amines is 1. The van der Waals surface area contributed by atoms with Crippen molar-refractivity contribution in [3.63, 3.8) is 0 Å². The molecular formula is C21H22FNO2. The second-order valence-electron chi connectivity index (χ2n) is 6.98. The Bertz CT molecular complexity index is 902. The summed E-state index contributed by atoms with van der Waals surface area (Å²) in [6.07, 6.45) is 4.75. The number of hydrogen-bond donors (Lipinski definition) is 2. The Kier molecular flexibility index (Phi) is 4.12. The molecule has 2 N–H and O–H groups in total. The minimum absolute atomic E-state index is 0.132. The van der Waals surface area contributed by atoms with Gasteiger partial charge < -0.3 is 14.8 Å². The molecule has 130 valence electrons. The molecule has 4 heteroatoms. The monoisotopic (exact) mass is 339 g/mol. The fourth-order valence-corrected chi connectivity index (χ4v) is 3.70. The summed E-state index contributed by atoms with van der Waals surface area (Å²) in [5.41, 5.74) is 2.12. The van der Waals surface area contributed by atoms with E-state index in [4.69, 9.17) is 4.74 Å². The molecule has 1 heterocycles. The van der Waals surface area contributed by atoms with Crippen LogP contribution in [-0.2, 0) is 0 Å². The highest BCUT2D eigenvalue weighted by Gasteiger charge is 2.24. The van der Waals surface area contributed by atoms with Gasteiger partial charge in [-0.2, -0.15) is 0 Å². The van der Waals surface area contributed by atoms with Crippen LogP contribution in [0.5, 0.6) is 11.5 Å². The predicted molar refractivity (Wildman–Crippen MR) is 97.4 cm³/mol. The number of phenols is 1. The number of nitrogens with one attached hydrogen (secondary N) is 1. The summed E-state index contributed by atoms with van der Waals surface area (Å²) in [6, 6.07) is 12.1. The molecule has 3 aromatic rings. The van der Waals surface area contributed by atoms with E-state index >= 15 is 0 Å². The highest BCUT2D eigenvalue weighted by Crippen LogP contribution is 2.39. The van der Waals surface area contributed by atoms with Crippen LogP contribution in [0, 0.1) is 11.7 Å². The normalized spacial score (nSPS) is 20.7. The summed E-state index contributed by atoms with van der Waals surface area (Å²) in [4.78, 5) is 3.18. The first-order valence-electron chi connectivity index (χ1n) is 8.89. The number of H-pyrrole nitrogens is 1. The van der Waals surface area contributed by atoms with Crippen LogP contribution >= 0.6 is 0 Å². The molecule has 1 aliphatic carbocycles. The lowest BCUT2D eigenvalue weighted by atomic mass is 9.88. The van der Waals surface area contributed by atoms with Gasteiger partial charge in [0.25, 0.3) is 0 Å². The number of hydrogen-bond acceptors (Lipinski definition) is 2. The molecule has 2 unspecified atom stereocenters. The van der Waals surface area contributed by atoms with Crippen LogP contribution in [-0.4, -0.2) is 16.2 Å². The third-order valence-electron chi connectivity index (χ3n) is 5.18. The zero-order valence-corrected chi connectivity index (χ0v) is 14.3. The van der Waals surface area contributed by atoms with Gasteiger partial charge in [-0.15, -0.1) is 0 Å². The Morgan fingerprint density at radius 2 is 1.96 bits per heavy atom. The number of aromatic nitrogens is 1. The zero-order chi connectivity index (χ0) is 17.4. The van der Waals surface area contributed by atoms with Gasteiger partial charge in [-0.25, -0.2) is 4.39 Å². The Morgan fingerprint density at radius 3 is 2.80 bits per heavy atom. The molecule has 1 aromatic heterocycles. The molecule has 0 spiro atoms. The van der Waals surface area contributed by atoms with Crippen molar-refractivity contribution in [3.8, 4) is 22.8 Å². The number of phenolic OH excluding ortho intramolecular Hbond substituents is 1. The third-order valence-corrected chi connectivity index (χ3v) is 5.18. The standard InChI is InChI=1S/C21H22FNO2/c1-13-5-2-3-7-19(13)25-20-8-4-6-16(21(20)24)18-11-14-9-10-15(22)12-17(14)23-18/h4,6,8-13,19,23-24H,2-3,5,7H2,1H3. The van der Waals surface area contributed by atoms with E-state index < -0.39 is 0 Å². The van der Waals surface area contributed by atoms with E-state index in [2.05, 4.69) is 11.9 Å². The molecule has 1 saturated carbocycles. The Labute approximate surface area is 146 Å². The first-order valence-corrected chi connectivity index (χ1v) is 8.89. The smallest absolute Gasteiger partial charge is 0.167 e. The maximum absolute atomic E-state index is 13.4. The maximum atomic E-state index is 13.4. The molecule has 2 aromatic carbocycles. The van der Waals surface area contributed by atoms with Crippen LogP contribution in [0.25, 0.3) is 22.2 Å². The molecule has 1 fully saturated rings. The van der Waals surface area contributed by atoms with Gasteiger partial charge in [-0.3, -0.25) is 0 Å². The Morgan fingerprint density at radius 1 is 1.12 bits per heavy atom. The van der Waals surface area contributed by atoms with Gasteiger partial charge in [0, 0.05) is 16.5 Å². The third kappa shape index (κ3) is 3.09. The van der Waals surface area contributed by atoms with E-state index in [9.17, 15) is 9.50 Å². The van der Waals surface area contributed by atoms with Gasteiger partial charge in [0.2, 0.25) is 0 Å². The van der Waals surface area contributed by atoms with E-state index in [0.717, 1.165) is 17.5 Å². The second kappa shape index (κ2) is 6.43. The van der Waals surface area contributed by atoms with E-state index in [1.165, 1.54) is 31.4 Å². The minimum Gasteiger partial charge on any atom is -0.504 e. The molecule has 2 atom stereocenters. The van der Waals surface area contributed by atoms with Crippen LogP contribution < -0.4 is 4.74 Å². The number of rotatable bonds is 3. The SMILES string of the molecule is CC1CCCCC1Oc1cccc(-c2cc3ccc(F)cc3[nH]2)c1O. The number of halogens is 1. The van der Waals surface area contributed by atoms with Crippen molar-refractivity contribution in [1.82, 2.24) is 4.98 Å². The lowest BCUT2D eigenvalue weighted by Crippen LogP contribution is -2.28. The maximum Gasteiger partial charge on any atom is 0.167 e. The fraction of sp³-hybridized carbons (Fsp3) is 0.333. The molecule has 0 amide bonds. The largest absolute Gasteiger partial charge is 0.504 e. The van der Waals surface area contributed by atoms with Crippen molar-refractivity contribution in [1.29, 1.82) is 0 Å². The van der Waals surface area contributed by atoms with Crippen LogP contribution in [0.4, 0.5) is 4.39 Å². The zero-order valence-electron chi connectivity index (χ0n) is 14.3. The van der Waals surface area contributed by atoms with Gasteiger partial charge in [0.1, 0.15) is 11.9 Å². The van der Waals surface area contributed by atoms with Gasteiger partial charge >= 0.3 is 0 Å². The minimum atomic E-state index is -0.284. The van der Waals surface area contributed by atoms with Crippen molar-refractivity contribution < 1.29 is 14.2 Å². The van der Waals surface area contributed by atoms with Crippen molar-refractivity contribution in [2.24, 2.45) is 5.92 Å². The quantitative estimate of drug-likeness (QED) is 0.649. The lowest BCUT2D eigenvalue weighted by molar-refractivity contribution is 0.0993. The van der Waals surface area contributed by atoms with E-state index in [1.807, 2.05) is 24.3 Å². The number of aromatic hydroxyl groups is 1. The molecule has 0 aliphatic heterocycles. The Hall–Kier alpha value is -2.49. The summed E-state index contributed by atoms with van der Waals surface area (Å²) in [5, 5.41) is 11.6. The van der Waals surface area contributed by atoms with Crippen molar-refractivity contribution in [3.05, 3.63) is 48.3 Å². The summed E-state index contributed by atoms with van der Waals surface area (Å²) in [7, 11) is 0. The number of fused-ring (bicyclic) bond motifs is 1. The molecule has 4 rings (SSSR count). The topological polar surface area (TPSA) is 45.2 Å². The summed E-state index contributed by atoms with van der Waals surface area (Å²) < 4.78 is 19.5. The Balaban J connectivity index is 1.68. The average Bonchev–Trinajstić information content (AvgIpc) is 3.01. The lowest BCUT2D eigenvalue weighted by Gasteiger charge is -2.29. The van der Waals surface area contributed by atoms with Gasteiger partial charge in [0.05, 0.1) is 5.69 Å². The molecule has 3 nitrogen and oxygen atoms in total. The summed E-state index contributed by atoms with van der Waals surface area (Å²) >= 11 is 0. The summed E-state index contributed by atoms with van der Waals surface area (Å²) in [6.45, 7) is 2.21. The summed E-state index contributed by atoms with van der Waals surface area (Å²) in [5.74, 6) is 0.856. The van der Waals surface area contributed by atoms with Crippen LogP contribution in [0.15, 0.2) is 42.5 Å². The number of para-hydroxylation sites is 1. The van der Waals surface area contributed by atoms with Gasteiger partial charge in [0.15, 0.2) is 11.5 Å². The molecular weight excluding hydrogens is 317 g/mol. The first-order chi connectivity index (χ1) is 12.1. The molecule has 0 bridgehead atoms. The molecule has 0 radical (unpaired) electrons.